The van der Waals surface area contributed by atoms with Crippen LogP contribution >= 0.6 is 11.6 Å². The van der Waals surface area contributed by atoms with E-state index in [1.165, 1.54) is 12.1 Å². The van der Waals surface area contributed by atoms with Crippen LogP contribution < -0.4 is 4.90 Å². The predicted octanol–water partition coefficient (Wildman–Crippen LogP) is 2.33. The summed E-state index contributed by atoms with van der Waals surface area (Å²) in [7, 11) is 5.97. The third kappa shape index (κ3) is 3.85. The molecule has 0 heterocycles. The van der Waals surface area contributed by atoms with Crippen LogP contribution in [0.2, 0.25) is 0 Å². The smallest absolute Gasteiger partial charge is 0.269 e. The van der Waals surface area contributed by atoms with Gasteiger partial charge in [0, 0.05) is 43.8 Å². The first kappa shape index (κ1) is 14.7. The first-order valence-electron chi connectivity index (χ1n) is 5.65. The molecule has 0 aromatic heterocycles. The second kappa shape index (κ2) is 6.56. The summed E-state index contributed by atoms with van der Waals surface area (Å²) >= 11 is 5.86. The number of alkyl halides is 1. The van der Waals surface area contributed by atoms with Crippen molar-refractivity contribution in [2.45, 2.75) is 5.88 Å². The second-order valence-electron chi connectivity index (χ2n) is 4.43. The van der Waals surface area contributed by atoms with E-state index in [4.69, 9.17) is 11.6 Å². The maximum absolute atomic E-state index is 10.7. The fourth-order valence-corrected chi connectivity index (χ4v) is 1.85. The van der Waals surface area contributed by atoms with Crippen molar-refractivity contribution in [1.29, 1.82) is 0 Å². The van der Waals surface area contributed by atoms with Crippen molar-refractivity contribution in [2.24, 2.45) is 0 Å². The van der Waals surface area contributed by atoms with E-state index in [2.05, 4.69) is 9.80 Å². The lowest BCUT2D eigenvalue weighted by atomic mass is 10.1. The van der Waals surface area contributed by atoms with Crippen molar-refractivity contribution in [3.8, 4) is 0 Å². The van der Waals surface area contributed by atoms with E-state index >= 15 is 0 Å². The number of nitro groups is 1. The summed E-state index contributed by atoms with van der Waals surface area (Å²) in [6.45, 7) is 1.75. The Kier molecular flexibility index (Phi) is 5.37. The van der Waals surface area contributed by atoms with E-state index in [1.54, 1.807) is 6.07 Å². The van der Waals surface area contributed by atoms with Gasteiger partial charge in [0.15, 0.2) is 0 Å². The molecule has 0 bridgehead atoms. The number of halogens is 1. The number of hydrogen-bond acceptors (Lipinski definition) is 4. The van der Waals surface area contributed by atoms with Gasteiger partial charge in [-0.3, -0.25) is 10.1 Å². The van der Waals surface area contributed by atoms with Gasteiger partial charge in [-0.05, 0) is 25.7 Å². The minimum Gasteiger partial charge on any atom is -0.373 e. The lowest BCUT2D eigenvalue weighted by Crippen LogP contribution is -2.29. The molecule has 0 spiro atoms. The zero-order valence-electron chi connectivity index (χ0n) is 10.9. The number of non-ortho nitro benzene ring substituents is 1. The van der Waals surface area contributed by atoms with E-state index in [-0.39, 0.29) is 11.6 Å². The summed E-state index contributed by atoms with van der Waals surface area (Å²) in [5.74, 6) is 0.267. The first-order valence-corrected chi connectivity index (χ1v) is 6.18. The maximum Gasteiger partial charge on any atom is 0.269 e. The molecule has 0 atom stereocenters. The van der Waals surface area contributed by atoms with E-state index in [1.807, 2.05) is 21.1 Å². The molecular weight excluding hydrogens is 254 g/mol. The van der Waals surface area contributed by atoms with Gasteiger partial charge in [-0.25, -0.2) is 0 Å². The molecule has 100 valence electrons. The fraction of sp³-hybridized carbons (Fsp3) is 0.500. The first-order chi connectivity index (χ1) is 8.45. The van der Waals surface area contributed by atoms with Crippen LogP contribution in [-0.4, -0.2) is 44.1 Å². The van der Waals surface area contributed by atoms with Gasteiger partial charge in [0.05, 0.1) is 4.92 Å². The fourth-order valence-electron chi connectivity index (χ4n) is 1.64. The Bertz CT molecular complexity index is 424. The van der Waals surface area contributed by atoms with Crippen LogP contribution in [0.1, 0.15) is 5.56 Å². The molecule has 0 aliphatic rings. The van der Waals surface area contributed by atoms with E-state index in [9.17, 15) is 10.1 Å². The molecule has 5 nitrogen and oxygen atoms in total. The van der Waals surface area contributed by atoms with Crippen molar-refractivity contribution in [1.82, 2.24) is 4.90 Å². The Balaban J connectivity index is 2.91. The van der Waals surface area contributed by atoms with Crippen molar-refractivity contribution >= 4 is 23.0 Å². The van der Waals surface area contributed by atoms with Crippen molar-refractivity contribution in [3.63, 3.8) is 0 Å². The van der Waals surface area contributed by atoms with Gasteiger partial charge < -0.3 is 9.80 Å². The number of rotatable bonds is 6. The molecule has 0 amide bonds. The molecule has 0 fully saturated rings. The van der Waals surface area contributed by atoms with E-state index in [0.717, 1.165) is 24.3 Å². The molecule has 0 saturated heterocycles. The number of nitro benzene ring substituents is 1. The highest BCUT2D eigenvalue weighted by atomic mass is 35.5. The number of hydrogen-bond donors (Lipinski definition) is 0. The topological polar surface area (TPSA) is 49.6 Å². The maximum atomic E-state index is 10.7. The average Bonchev–Trinajstić information content (AvgIpc) is 2.34. The Hall–Kier alpha value is -1.33. The van der Waals surface area contributed by atoms with Crippen LogP contribution in [0.3, 0.4) is 0 Å². The lowest BCUT2D eigenvalue weighted by Gasteiger charge is -2.23. The van der Waals surface area contributed by atoms with Gasteiger partial charge in [-0.15, -0.1) is 11.6 Å². The van der Waals surface area contributed by atoms with Gasteiger partial charge in [-0.2, -0.15) is 0 Å². The molecule has 0 saturated carbocycles. The zero-order chi connectivity index (χ0) is 13.7. The Morgan fingerprint density at radius 2 is 1.94 bits per heavy atom. The van der Waals surface area contributed by atoms with Crippen molar-refractivity contribution in [2.75, 3.05) is 39.1 Å². The van der Waals surface area contributed by atoms with Crippen LogP contribution in [-0.2, 0) is 5.88 Å². The zero-order valence-corrected chi connectivity index (χ0v) is 11.6. The number of likely N-dealkylation sites (N-methyl/N-ethyl adjacent to an activating group) is 2. The molecule has 0 radical (unpaired) electrons. The van der Waals surface area contributed by atoms with Gasteiger partial charge in [0.2, 0.25) is 0 Å². The third-order valence-electron chi connectivity index (χ3n) is 2.71. The quantitative estimate of drug-likeness (QED) is 0.453. The summed E-state index contributed by atoms with van der Waals surface area (Å²) in [6, 6.07) is 4.80. The van der Waals surface area contributed by atoms with Crippen LogP contribution in [0.15, 0.2) is 18.2 Å². The molecule has 0 N–H and O–H groups in total. The number of benzene rings is 1. The molecule has 0 unspecified atom stereocenters. The second-order valence-corrected chi connectivity index (χ2v) is 4.70. The minimum absolute atomic E-state index is 0.0791. The number of nitrogens with zero attached hydrogens (tertiary/aromatic N) is 3. The Morgan fingerprint density at radius 3 is 2.44 bits per heavy atom. The highest BCUT2D eigenvalue weighted by Gasteiger charge is 2.12. The molecule has 18 heavy (non-hydrogen) atoms. The molecule has 1 rings (SSSR count). The summed E-state index contributed by atoms with van der Waals surface area (Å²) in [5, 5.41) is 10.7. The van der Waals surface area contributed by atoms with Crippen LogP contribution in [0, 0.1) is 10.1 Å². The van der Waals surface area contributed by atoms with Crippen molar-refractivity contribution < 1.29 is 4.92 Å². The molecule has 0 aliphatic heterocycles. The third-order valence-corrected chi connectivity index (χ3v) is 3.00. The van der Waals surface area contributed by atoms with Gasteiger partial charge in [-0.1, -0.05) is 0 Å². The Morgan fingerprint density at radius 1 is 1.28 bits per heavy atom. The molecule has 1 aromatic carbocycles. The standard InChI is InChI=1S/C12H18ClN3O2/c1-14(2)6-7-15(3)12-5-4-11(16(17)18)8-10(12)9-13/h4-5,8H,6-7,9H2,1-3H3. The largest absolute Gasteiger partial charge is 0.373 e. The van der Waals surface area contributed by atoms with Crippen LogP contribution in [0.4, 0.5) is 11.4 Å². The monoisotopic (exact) mass is 271 g/mol. The molecular formula is C12H18ClN3O2. The van der Waals surface area contributed by atoms with Crippen LogP contribution in [0.25, 0.3) is 0 Å². The lowest BCUT2D eigenvalue weighted by molar-refractivity contribution is -0.384. The number of anilines is 1. The SMILES string of the molecule is CN(C)CCN(C)c1ccc([N+](=O)[O-])cc1CCl. The molecule has 0 aliphatic carbocycles. The van der Waals surface area contributed by atoms with E-state index in [0.29, 0.717) is 0 Å². The average molecular weight is 272 g/mol. The van der Waals surface area contributed by atoms with E-state index < -0.39 is 4.92 Å². The van der Waals surface area contributed by atoms with Gasteiger partial charge in [0.25, 0.3) is 5.69 Å². The summed E-state index contributed by atoms with van der Waals surface area (Å²) in [6.07, 6.45) is 0. The van der Waals surface area contributed by atoms with Gasteiger partial charge >= 0.3 is 0 Å². The predicted molar refractivity (Wildman–Crippen MR) is 74.5 cm³/mol. The summed E-state index contributed by atoms with van der Waals surface area (Å²) in [4.78, 5) is 14.4. The van der Waals surface area contributed by atoms with Crippen LogP contribution in [0.5, 0.6) is 0 Å². The Labute approximate surface area is 112 Å². The summed E-state index contributed by atoms with van der Waals surface area (Å²) < 4.78 is 0. The van der Waals surface area contributed by atoms with Gasteiger partial charge in [0.1, 0.15) is 0 Å². The minimum atomic E-state index is -0.403. The highest BCUT2D eigenvalue weighted by molar-refractivity contribution is 6.17. The highest BCUT2D eigenvalue weighted by Crippen LogP contribution is 2.26. The molecule has 1 aromatic rings. The van der Waals surface area contributed by atoms with Crippen molar-refractivity contribution in [3.05, 3.63) is 33.9 Å². The summed E-state index contributed by atoms with van der Waals surface area (Å²) in [5.41, 5.74) is 1.81. The molecule has 6 heteroatoms. The normalized spacial score (nSPS) is 10.7.